The maximum Gasteiger partial charge on any atom is 0.230 e. The molecule has 1 aliphatic rings. The zero-order chi connectivity index (χ0) is 19.3. The van der Waals surface area contributed by atoms with Crippen LogP contribution in [0.2, 0.25) is 0 Å². The molecule has 0 bridgehead atoms. The summed E-state index contributed by atoms with van der Waals surface area (Å²) < 4.78 is 7.22. The first-order valence-electron chi connectivity index (χ1n) is 9.28. The van der Waals surface area contributed by atoms with Crippen LogP contribution in [0.1, 0.15) is 30.1 Å². The number of amides is 1. The summed E-state index contributed by atoms with van der Waals surface area (Å²) in [5.41, 5.74) is 1.95. The van der Waals surface area contributed by atoms with Crippen LogP contribution in [0.25, 0.3) is 5.69 Å². The van der Waals surface area contributed by atoms with Gasteiger partial charge in [-0.15, -0.1) is 5.10 Å². The second kappa shape index (κ2) is 8.48. The third-order valence-electron chi connectivity index (χ3n) is 4.56. The van der Waals surface area contributed by atoms with Crippen LogP contribution in [-0.4, -0.2) is 33.5 Å². The number of aromatic nitrogens is 3. The molecule has 2 aromatic carbocycles. The van der Waals surface area contributed by atoms with E-state index in [1.165, 1.54) is 11.8 Å². The lowest BCUT2D eigenvalue weighted by atomic mass is 10.2. The summed E-state index contributed by atoms with van der Waals surface area (Å²) in [5, 5.41) is 8.20. The van der Waals surface area contributed by atoms with Crippen molar-refractivity contribution in [3.63, 3.8) is 0 Å². The number of ether oxygens (including phenoxy) is 1. The van der Waals surface area contributed by atoms with E-state index in [1.807, 2.05) is 59.3 Å². The minimum Gasteiger partial charge on any atom is -0.496 e. The minimum atomic E-state index is -0.0556. The molecular formula is C21H22N4O2S. The van der Waals surface area contributed by atoms with Crippen LogP contribution < -0.4 is 10.1 Å². The minimum absolute atomic E-state index is 0.0556. The fourth-order valence-corrected chi connectivity index (χ4v) is 3.61. The lowest BCUT2D eigenvalue weighted by molar-refractivity contribution is -0.118. The Morgan fingerprint density at radius 3 is 2.68 bits per heavy atom. The van der Waals surface area contributed by atoms with Crippen molar-refractivity contribution >= 4 is 17.7 Å². The van der Waals surface area contributed by atoms with Crippen molar-refractivity contribution in [1.82, 2.24) is 20.1 Å². The normalized spacial score (nSPS) is 13.3. The highest BCUT2D eigenvalue weighted by Crippen LogP contribution is 2.40. The summed E-state index contributed by atoms with van der Waals surface area (Å²) in [6.07, 6.45) is 2.30. The predicted molar refractivity (Wildman–Crippen MR) is 109 cm³/mol. The van der Waals surface area contributed by atoms with Crippen molar-refractivity contribution in [3.8, 4) is 11.4 Å². The van der Waals surface area contributed by atoms with Crippen LogP contribution in [0.4, 0.5) is 0 Å². The average molecular weight is 395 g/mol. The van der Waals surface area contributed by atoms with Crippen LogP contribution in [0.3, 0.4) is 0 Å². The number of methoxy groups -OCH3 is 1. The number of rotatable bonds is 8. The second-order valence-corrected chi connectivity index (χ2v) is 7.59. The summed E-state index contributed by atoms with van der Waals surface area (Å²) in [4.78, 5) is 16.9. The van der Waals surface area contributed by atoms with Crippen LogP contribution in [0.5, 0.6) is 5.75 Å². The fraction of sp³-hybridized carbons (Fsp3) is 0.286. The molecule has 1 fully saturated rings. The number of nitrogens with one attached hydrogen (secondary N) is 1. The van der Waals surface area contributed by atoms with Crippen LogP contribution >= 0.6 is 11.8 Å². The van der Waals surface area contributed by atoms with Crippen molar-refractivity contribution in [2.24, 2.45) is 0 Å². The molecule has 0 aliphatic heterocycles. The molecule has 0 saturated heterocycles. The molecule has 6 nitrogen and oxygen atoms in total. The molecular weight excluding hydrogens is 372 g/mol. The SMILES string of the molecule is COc1ccccc1CNC(=O)CSc1nc(C2CC2)n(-c2ccccc2)n1. The molecule has 3 aromatic rings. The summed E-state index contributed by atoms with van der Waals surface area (Å²) in [6.45, 7) is 0.433. The molecule has 144 valence electrons. The Labute approximate surface area is 168 Å². The molecule has 1 aliphatic carbocycles. The van der Waals surface area contributed by atoms with Crippen molar-refractivity contribution in [1.29, 1.82) is 0 Å². The van der Waals surface area contributed by atoms with Gasteiger partial charge in [-0.25, -0.2) is 9.67 Å². The highest BCUT2D eigenvalue weighted by Gasteiger charge is 2.30. The molecule has 0 unspecified atom stereocenters. The molecule has 1 aromatic heterocycles. The lowest BCUT2D eigenvalue weighted by Crippen LogP contribution is -2.24. The monoisotopic (exact) mass is 394 g/mol. The van der Waals surface area contributed by atoms with Gasteiger partial charge in [-0.2, -0.15) is 0 Å². The molecule has 1 saturated carbocycles. The molecule has 0 spiro atoms. The Morgan fingerprint density at radius 2 is 1.93 bits per heavy atom. The third-order valence-corrected chi connectivity index (χ3v) is 5.39. The quantitative estimate of drug-likeness (QED) is 0.592. The van der Waals surface area contributed by atoms with Gasteiger partial charge in [0.05, 0.1) is 18.6 Å². The number of nitrogens with zero attached hydrogens (tertiary/aromatic N) is 3. The number of benzene rings is 2. The van der Waals surface area contributed by atoms with Gasteiger partial charge in [0, 0.05) is 18.0 Å². The summed E-state index contributed by atoms with van der Waals surface area (Å²) >= 11 is 1.36. The van der Waals surface area contributed by atoms with Gasteiger partial charge in [0.1, 0.15) is 11.6 Å². The topological polar surface area (TPSA) is 69.0 Å². The van der Waals surface area contributed by atoms with Crippen molar-refractivity contribution in [3.05, 3.63) is 66.0 Å². The Morgan fingerprint density at radius 1 is 1.18 bits per heavy atom. The van der Waals surface area contributed by atoms with E-state index in [2.05, 4.69) is 15.4 Å². The first kappa shape index (κ1) is 18.6. The predicted octanol–water partition coefficient (Wildman–Crippen LogP) is 3.56. The molecule has 0 radical (unpaired) electrons. The zero-order valence-corrected chi connectivity index (χ0v) is 16.5. The first-order valence-corrected chi connectivity index (χ1v) is 10.3. The van der Waals surface area contributed by atoms with Crippen LogP contribution in [0, 0.1) is 0 Å². The molecule has 7 heteroatoms. The molecule has 28 heavy (non-hydrogen) atoms. The smallest absolute Gasteiger partial charge is 0.230 e. The highest BCUT2D eigenvalue weighted by molar-refractivity contribution is 7.99. The van der Waals surface area contributed by atoms with Crippen molar-refractivity contribution in [2.75, 3.05) is 12.9 Å². The standard InChI is InChI=1S/C21H22N4O2S/c1-27-18-10-6-5-7-16(18)13-22-19(26)14-28-21-23-20(15-11-12-15)25(24-21)17-8-3-2-4-9-17/h2-10,15H,11-14H2,1H3,(H,22,26). The number of carbonyl (C=O) groups excluding carboxylic acids is 1. The molecule has 1 N–H and O–H groups in total. The molecule has 1 heterocycles. The van der Waals surface area contributed by atoms with Crippen LogP contribution in [-0.2, 0) is 11.3 Å². The largest absolute Gasteiger partial charge is 0.496 e. The maximum atomic E-state index is 12.3. The number of hydrogen-bond acceptors (Lipinski definition) is 5. The van der Waals surface area contributed by atoms with Gasteiger partial charge in [0.25, 0.3) is 0 Å². The van der Waals surface area contributed by atoms with Gasteiger partial charge >= 0.3 is 0 Å². The van der Waals surface area contributed by atoms with Gasteiger partial charge in [-0.1, -0.05) is 48.2 Å². The average Bonchev–Trinajstić information content (AvgIpc) is 3.50. The summed E-state index contributed by atoms with van der Waals surface area (Å²) in [5.74, 6) is 2.45. The van der Waals surface area contributed by atoms with Gasteiger partial charge in [-0.05, 0) is 31.0 Å². The summed E-state index contributed by atoms with van der Waals surface area (Å²) in [7, 11) is 1.63. The zero-order valence-electron chi connectivity index (χ0n) is 15.7. The molecule has 0 atom stereocenters. The Balaban J connectivity index is 1.38. The number of thioether (sulfide) groups is 1. The van der Waals surface area contributed by atoms with E-state index >= 15 is 0 Å². The van der Waals surface area contributed by atoms with E-state index in [0.717, 1.165) is 35.7 Å². The van der Waals surface area contributed by atoms with Gasteiger partial charge in [-0.3, -0.25) is 4.79 Å². The number of carbonyl (C=O) groups is 1. The van der Waals surface area contributed by atoms with E-state index in [0.29, 0.717) is 17.6 Å². The highest BCUT2D eigenvalue weighted by atomic mass is 32.2. The van der Waals surface area contributed by atoms with E-state index in [-0.39, 0.29) is 11.7 Å². The number of para-hydroxylation sites is 2. The lowest BCUT2D eigenvalue weighted by Gasteiger charge is -2.09. The van der Waals surface area contributed by atoms with E-state index < -0.39 is 0 Å². The Kier molecular flexibility index (Phi) is 5.62. The first-order chi connectivity index (χ1) is 13.7. The van der Waals surface area contributed by atoms with Gasteiger partial charge in [0.2, 0.25) is 11.1 Å². The van der Waals surface area contributed by atoms with Crippen molar-refractivity contribution in [2.45, 2.75) is 30.5 Å². The summed E-state index contributed by atoms with van der Waals surface area (Å²) in [6, 6.07) is 17.7. The second-order valence-electron chi connectivity index (χ2n) is 6.65. The molecule has 4 rings (SSSR count). The fourth-order valence-electron chi connectivity index (χ4n) is 2.95. The van der Waals surface area contributed by atoms with E-state index in [4.69, 9.17) is 4.74 Å². The van der Waals surface area contributed by atoms with E-state index in [1.54, 1.807) is 7.11 Å². The van der Waals surface area contributed by atoms with E-state index in [9.17, 15) is 4.79 Å². The Hall–Kier alpha value is -2.80. The number of hydrogen-bond donors (Lipinski definition) is 1. The molecule has 1 amide bonds. The van der Waals surface area contributed by atoms with Gasteiger partial charge in [0.15, 0.2) is 0 Å². The van der Waals surface area contributed by atoms with Crippen molar-refractivity contribution < 1.29 is 9.53 Å². The third kappa shape index (κ3) is 4.36. The Bertz CT molecular complexity index is 954. The van der Waals surface area contributed by atoms with Crippen LogP contribution in [0.15, 0.2) is 59.8 Å². The maximum absolute atomic E-state index is 12.3. The van der Waals surface area contributed by atoms with Gasteiger partial charge < -0.3 is 10.1 Å².